The molecule has 1 rings (SSSR count). The van der Waals surface area contributed by atoms with Crippen LogP contribution in [-0.4, -0.2) is 54.9 Å². The van der Waals surface area contributed by atoms with Gasteiger partial charge in [-0.15, -0.1) is 0 Å². The predicted molar refractivity (Wildman–Crippen MR) is 53.7 cm³/mol. The molecule has 0 atom stereocenters. The summed E-state index contributed by atoms with van der Waals surface area (Å²) in [5.41, 5.74) is 2.08. The number of carboxylic acid groups (broad SMARTS) is 1. The molecular formula is C9H16N2O5. The number of carboxylic acids is 1. The zero-order chi connectivity index (χ0) is 12.0. The molecule has 16 heavy (non-hydrogen) atoms. The number of hydrogen-bond acceptors (Lipinski definition) is 4. The Morgan fingerprint density at radius 1 is 1.44 bits per heavy atom. The van der Waals surface area contributed by atoms with E-state index in [1.807, 2.05) is 0 Å². The maximum atomic E-state index is 11.4. The quantitative estimate of drug-likeness (QED) is 0.657. The Morgan fingerprint density at radius 2 is 2.06 bits per heavy atom. The maximum Gasteiger partial charge on any atom is 0.341 e. The summed E-state index contributed by atoms with van der Waals surface area (Å²) in [5, 5.41) is 8.30. The third kappa shape index (κ3) is 4.03. The highest BCUT2D eigenvalue weighted by Gasteiger charge is 2.22. The smallest absolute Gasteiger partial charge is 0.341 e. The summed E-state index contributed by atoms with van der Waals surface area (Å²) in [6, 6.07) is -0.407. The zero-order valence-corrected chi connectivity index (χ0v) is 9.14. The van der Waals surface area contributed by atoms with E-state index in [4.69, 9.17) is 9.84 Å². The average molecular weight is 232 g/mol. The van der Waals surface area contributed by atoms with Crippen LogP contribution in [0.4, 0.5) is 4.79 Å². The van der Waals surface area contributed by atoms with E-state index in [0.717, 1.165) is 12.8 Å². The highest BCUT2D eigenvalue weighted by molar-refractivity contribution is 5.73. The van der Waals surface area contributed by atoms with Crippen molar-refractivity contribution in [3.05, 3.63) is 0 Å². The number of ether oxygens (including phenoxy) is 1. The standard InChI is InChI=1S/C9H16N2O5/c1-15-7-2-4-11(5-3-7)9(14)10-16-6-8(12)13/h7H,2-6H2,1H3,(H,10,14)(H,12,13). The summed E-state index contributed by atoms with van der Waals surface area (Å²) < 4.78 is 5.16. The Labute approximate surface area is 93.3 Å². The molecule has 0 radical (unpaired) electrons. The molecule has 0 aromatic rings. The van der Waals surface area contributed by atoms with Crippen molar-refractivity contribution < 1.29 is 24.3 Å². The third-order valence-electron chi connectivity index (χ3n) is 2.42. The van der Waals surface area contributed by atoms with Gasteiger partial charge in [0.1, 0.15) is 0 Å². The molecule has 1 aliphatic heterocycles. The summed E-state index contributed by atoms with van der Waals surface area (Å²) in [6.07, 6.45) is 1.76. The number of nitrogens with zero attached hydrogens (tertiary/aromatic N) is 1. The summed E-state index contributed by atoms with van der Waals surface area (Å²) in [5.74, 6) is -1.13. The molecule has 1 fully saturated rings. The van der Waals surface area contributed by atoms with Crippen LogP contribution in [0.2, 0.25) is 0 Å². The van der Waals surface area contributed by atoms with Gasteiger partial charge in [-0.05, 0) is 12.8 Å². The maximum absolute atomic E-state index is 11.4. The van der Waals surface area contributed by atoms with Crippen LogP contribution in [0.15, 0.2) is 0 Å². The number of hydrogen-bond donors (Lipinski definition) is 2. The van der Waals surface area contributed by atoms with Crippen molar-refractivity contribution in [1.29, 1.82) is 0 Å². The number of likely N-dealkylation sites (tertiary alicyclic amines) is 1. The monoisotopic (exact) mass is 232 g/mol. The molecule has 0 aromatic carbocycles. The van der Waals surface area contributed by atoms with Crippen LogP contribution in [0.25, 0.3) is 0 Å². The molecular weight excluding hydrogens is 216 g/mol. The van der Waals surface area contributed by atoms with Crippen molar-refractivity contribution in [2.45, 2.75) is 18.9 Å². The van der Waals surface area contributed by atoms with E-state index < -0.39 is 18.6 Å². The number of urea groups is 1. The van der Waals surface area contributed by atoms with Crippen LogP contribution in [0.5, 0.6) is 0 Å². The molecule has 0 aliphatic carbocycles. The minimum atomic E-state index is -1.13. The first-order valence-electron chi connectivity index (χ1n) is 5.04. The van der Waals surface area contributed by atoms with E-state index in [9.17, 15) is 9.59 Å². The minimum Gasteiger partial charge on any atom is -0.479 e. The lowest BCUT2D eigenvalue weighted by Gasteiger charge is -2.30. The van der Waals surface area contributed by atoms with Gasteiger partial charge in [0.15, 0.2) is 6.61 Å². The van der Waals surface area contributed by atoms with Gasteiger partial charge in [-0.1, -0.05) is 0 Å². The fourth-order valence-corrected chi connectivity index (χ4v) is 1.52. The topological polar surface area (TPSA) is 88.1 Å². The fraction of sp³-hybridized carbons (Fsp3) is 0.778. The van der Waals surface area contributed by atoms with E-state index in [-0.39, 0.29) is 6.10 Å². The molecule has 1 saturated heterocycles. The zero-order valence-electron chi connectivity index (χ0n) is 9.14. The highest BCUT2D eigenvalue weighted by Crippen LogP contribution is 2.12. The van der Waals surface area contributed by atoms with Crippen LogP contribution in [0.3, 0.4) is 0 Å². The van der Waals surface area contributed by atoms with E-state index >= 15 is 0 Å². The molecule has 0 aromatic heterocycles. The van der Waals surface area contributed by atoms with Gasteiger partial charge in [0.2, 0.25) is 0 Å². The number of amides is 2. The predicted octanol–water partition coefficient (Wildman–Crippen LogP) is -0.177. The van der Waals surface area contributed by atoms with Crippen LogP contribution in [0.1, 0.15) is 12.8 Å². The number of rotatable bonds is 4. The molecule has 7 heteroatoms. The van der Waals surface area contributed by atoms with Crippen LogP contribution >= 0.6 is 0 Å². The van der Waals surface area contributed by atoms with E-state index in [1.165, 1.54) is 0 Å². The Kier molecular flexibility index (Phi) is 5.00. The normalized spacial score (nSPS) is 17.2. The van der Waals surface area contributed by atoms with Gasteiger partial charge in [-0.3, -0.25) is 4.84 Å². The molecule has 0 unspecified atom stereocenters. The van der Waals surface area contributed by atoms with E-state index in [0.29, 0.717) is 13.1 Å². The molecule has 0 spiro atoms. The lowest BCUT2D eigenvalue weighted by Crippen LogP contribution is -2.46. The molecule has 0 saturated carbocycles. The first-order valence-corrected chi connectivity index (χ1v) is 5.04. The Balaban J connectivity index is 2.20. The van der Waals surface area contributed by atoms with Gasteiger partial charge in [0, 0.05) is 20.2 Å². The van der Waals surface area contributed by atoms with Crippen molar-refractivity contribution in [2.75, 3.05) is 26.8 Å². The number of methoxy groups -OCH3 is 1. The van der Waals surface area contributed by atoms with Gasteiger partial charge >= 0.3 is 12.0 Å². The van der Waals surface area contributed by atoms with Crippen molar-refractivity contribution in [1.82, 2.24) is 10.4 Å². The molecule has 2 amide bonds. The lowest BCUT2D eigenvalue weighted by atomic mass is 10.1. The number of hydroxylamine groups is 1. The van der Waals surface area contributed by atoms with Crippen LogP contribution < -0.4 is 5.48 Å². The van der Waals surface area contributed by atoms with E-state index in [2.05, 4.69) is 10.3 Å². The van der Waals surface area contributed by atoms with Crippen molar-refractivity contribution in [3.63, 3.8) is 0 Å². The van der Waals surface area contributed by atoms with Crippen LogP contribution in [0, 0.1) is 0 Å². The van der Waals surface area contributed by atoms with E-state index in [1.54, 1.807) is 12.0 Å². The van der Waals surface area contributed by atoms with Gasteiger partial charge in [-0.25, -0.2) is 15.1 Å². The molecule has 92 valence electrons. The van der Waals surface area contributed by atoms with Gasteiger partial charge < -0.3 is 14.7 Å². The summed E-state index contributed by atoms with van der Waals surface area (Å²) in [6.45, 7) is 0.627. The molecule has 7 nitrogen and oxygen atoms in total. The van der Waals surface area contributed by atoms with Crippen molar-refractivity contribution in [3.8, 4) is 0 Å². The largest absolute Gasteiger partial charge is 0.479 e. The summed E-state index contributed by atoms with van der Waals surface area (Å²) in [4.78, 5) is 27.6. The molecule has 0 bridgehead atoms. The minimum absolute atomic E-state index is 0.198. The lowest BCUT2D eigenvalue weighted by molar-refractivity contribution is -0.144. The second-order valence-electron chi connectivity index (χ2n) is 3.51. The average Bonchev–Trinajstić information content (AvgIpc) is 2.28. The number of nitrogens with one attached hydrogen (secondary N) is 1. The summed E-state index contributed by atoms with van der Waals surface area (Å²) >= 11 is 0. The SMILES string of the molecule is COC1CCN(C(=O)NOCC(=O)O)CC1. The number of carbonyl (C=O) groups is 2. The Morgan fingerprint density at radius 3 is 2.56 bits per heavy atom. The van der Waals surface area contributed by atoms with Gasteiger partial charge in [-0.2, -0.15) is 0 Å². The Hall–Kier alpha value is -1.34. The first-order chi connectivity index (χ1) is 7.63. The first kappa shape index (κ1) is 12.7. The van der Waals surface area contributed by atoms with Crippen molar-refractivity contribution in [2.24, 2.45) is 0 Å². The molecule has 1 heterocycles. The van der Waals surface area contributed by atoms with Crippen molar-refractivity contribution >= 4 is 12.0 Å². The fourth-order valence-electron chi connectivity index (χ4n) is 1.52. The second kappa shape index (κ2) is 6.29. The summed E-state index contributed by atoms with van der Waals surface area (Å²) in [7, 11) is 1.65. The Bertz CT molecular complexity index is 250. The number of carbonyl (C=O) groups excluding carboxylic acids is 1. The molecule has 2 N–H and O–H groups in total. The molecule has 1 aliphatic rings. The van der Waals surface area contributed by atoms with Gasteiger partial charge in [0.25, 0.3) is 0 Å². The number of piperidine rings is 1. The van der Waals surface area contributed by atoms with Crippen LogP contribution in [-0.2, 0) is 14.4 Å². The third-order valence-corrected chi connectivity index (χ3v) is 2.42. The highest BCUT2D eigenvalue weighted by atomic mass is 16.7. The van der Waals surface area contributed by atoms with Gasteiger partial charge in [0.05, 0.1) is 6.10 Å². The second-order valence-corrected chi connectivity index (χ2v) is 3.51. The number of aliphatic carboxylic acids is 1.